The largest absolute Gasteiger partial charge is 0.422 e. The molecule has 4 nitrogen and oxygen atoms in total. The number of carbonyl (C=O) groups excluding carboxylic acids is 1. The van der Waals surface area contributed by atoms with Crippen molar-refractivity contribution in [2.75, 3.05) is 0 Å². The zero-order valence-corrected chi connectivity index (χ0v) is 10.6. The molecule has 0 saturated heterocycles. The van der Waals surface area contributed by atoms with Gasteiger partial charge in [-0.2, -0.15) is 5.10 Å². The molecule has 4 heteroatoms. The molecular formula is C16H12N2O2. The Hall–Kier alpha value is -2.88. The van der Waals surface area contributed by atoms with Crippen LogP contribution in [0.5, 0.6) is 5.75 Å². The highest BCUT2D eigenvalue weighted by Crippen LogP contribution is 2.18. The fraction of sp³-hybridized carbons (Fsp3) is 0. The summed E-state index contributed by atoms with van der Waals surface area (Å²) >= 11 is 0. The highest BCUT2D eigenvalue weighted by atomic mass is 16.5. The van der Waals surface area contributed by atoms with E-state index in [-0.39, 0.29) is 0 Å². The molecule has 0 unspecified atom stereocenters. The first-order valence-corrected chi connectivity index (χ1v) is 6.21. The van der Waals surface area contributed by atoms with Crippen molar-refractivity contribution in [2.45, 2.75) is 0 Å². The molecule has 0 fully saturated rings. The van der Waals surface area contributed by atoms with Gasteiger partial charge in [-0.25, -0.2) is 4.79 Å². The van der Waals surface area contributed by atoms with Gasteiger partial charge in [0.15, 0.2) is 0 Å². The normalized spacial score (nSPS) is 10.2. The third kappa shape index (κ3) is 2.59. The predicted octanol–water partition coefficient (Wildman–Crippen LogP) is 3.30. The van der Waals surface area contributed by atoms with Crippen LogP contribution in [0.1, 0.15) is 10.5 Å². The summed E-state index contributed by atoms with van der Waals surface area (Å²) < 4.78 is 5.24. The maximum absolute atomic E-state index is 12.0. The Morgan fingerprint density at radius 2 is 1.60 bits per heavy atom. The van der Waals surface area contributed by atoms with Gasteiger partial charge >= 0.3 is 5.97 Å². The second kappa shape index (κ2) is 5.40. The fourth-order valence-corrected chi connectivity index (χ4v) is 1.83. The molecule has 20 heavy (non-hydrogen) atoms. The Morgan fingerprint density at radius 1 is 0.950 bits per heavy atom. The molecule has 2 aromatic carbocycles. The second-order valence-corrected chi connectivity index (χ2v) is 4.24. The van der Waals surface area contributed by atoms with Crippen LogP contribution in [0.25, 0.3) is 11.3 Å². The molecule has 0 aliphatic carbocycles. The van der Waals surface area contributed by atoms with Crippen LogP contribution < -0.4 is 4.74 Å². The molecule has 1 aromatic heterocycles. The SMILES string of the molecule is O=C(Oc1ccccc1)c1cc(-c2ccccc2)n[nH]1. The van der Waals surface area contributed by atoms with Gasteiger partial charge in [0.05, 0.1) is 5.69 Å². The maximum Gasteiger partial charge on any atom is 0.361 e. The van der Waals surface area contributed by atoms with Gasteiger partial charge in [0.1, 0.15) is 11.4 Å². The standard InChI is InChI=1S/C16H12N2O2/c19-16(20-13-9-5-2-6-10-13)15-11-14(17-18-15)12-7-3-1-4-8-12/h1-11H,(H,17,18). The molecule has 0 radical (unpaired) electrons. The second-order valence-electron chi connectivity index (χ2n) is 4.24. The van der Waals surface area contributed by atoms with Gasteiger partial charge in [-0.1, -0.05) is 48.5 Å². The van der Waals surface area contributed by atoms with Gasteiger partial charge in [-0.3, -0.25) is 5.10 Å². The van der Waals surface area contributed by atoms with Gasteiger partial charge in [-0.05, 0) is 18.2 Å². The van der Waals surface area contributed by atoms with Crippen LogP contribution in [0, 0.1) is 0 Å². The lowest BCUT2D eigenvalue weighted by atomic mass is 10.1. The van der Waals surface area contributed by atoms with Gasteiger partial charge in [0.25, 0.3) is 0 Å². The molecule has 0 bridgehead atoms. The number of nitrogens with zero attached hydrogens (tertiary/aromatic N) is 1. The molecule has 0 atom stereocenters. The number of carbonyl (C=O) groups is 1. The molecule has 98 valence electrons. The third-order valence-corrected chi connectivity index (χ3v) is 2.82. The summed E-state index contributed by atoms with van der Waals surface area (Å²) in [5.41, 5.74) is 1.99. The van der Waals surface area contributed by atoms with Gasteiger partial charge in [0, 0.05) is 5.56 Å². The zero-order chi connectivity index (χ0) is 13.8. The minimum absolute atomic E-state index is 0.327. The number of aromatic nitrogens is 2. The minimum Gasteiger partial charge on any atom is -0.422 e. The van der Waals surface area contributed by atoms with Crippen LogP contribution in [0.15, 0.2) is 66.7 Å². The summed E-state index contributed by atoms with van der Waals surface area (Å²) in [6.45, 7) is 0. The lowest BCUT2D eigenvalue weighted by Gasteiger charge is -2.00. The zero-order valence-electron chi connectivity index (χ0n) is 10.6. The van der Waals surface area contributed by atoms with Crippen LogP contribution in [0.2, 0.25) is 0 Å². The Balaban J connectivity index is 1.79. The topological polar surface area (TPSA) is 55.0 Å². The van der Waals surface area contributed by atoms with Crippen molar-refractivity contribution < 1.29 is 9.53 Å². The molecule has 0 saturated carbocycles. The smallest absolute Gasteiger partial charge is 0.361 e. The monoisotopic (exact) mass is 264 g/mol. The van der Waals surface area contributed by atoms with Gasteiger partial charge in [0.2, 0.25) is 0 Å². The van der Waals surface area contributed by atoms with Crippen molar-refractivity contribution >= 4 is 5.97 Å². The van der Waals surface area contributed by atoms with E-state index in [1.165, 1.54) is 0 Å². The molecule has 1 N–H and O–H groups in total. The Kier molecular flexibility index (Phi) is 3.29. The highest BCUT2D eigenvalue weighted by molar-refractivity contribution is 5.90. The first-order chi connectivity index (χ1) is 9.83. The number of esters is 1. The van der Waals surface area contributed by atoms with Crippen molar-refractivity contribution in [3.8, 4) is 17.0 Å². The van der Waals surface area contributed by atoms with Crippen LogP contribution in [-0.4, -0.2) is 16.2 Å². The fourth-order valence-electron chi connectivity index (χ4n) is 1.83. The van der Waals surface area contributed by atoms with Crippen LogP contribution in [0.4, 0.5) is 0 Å². The van der Waals surface area contributed by atoms with Crippen molar-refractivity contribution in [3.63, 3.8) is 0 Å². The number of benzene rings is 2. The van der Waals surface area contributed by atoms with E-state index >= 15 is 0 Å². The molecule has 3 rings (SSSR count). The van der Waals surface area contributed by atoms with E-state index in [2.05, 4.69) is 10.2 Å². The van der Waals surface area contributed by atoms with E-state index in [4.69, 9.17) is 4.74 Å². The highest BCUT2D eigenvalue weighted by Gasteiger charge is 2.12. The minimum atomic E-state index is -0.453. The first-order valence-electron chi connectivity index (χ1n) is 6.21. The quantitative estimate of drug-likeness (QED) is 0.583. The number of hydrogen-bond acceptors (Lipinski definition) is 3. The number of nitrogens with one attached hydrogen (secondary N) is 1. The lowest BCUT2D eigenvalue weighted by Crippen LogP contribution is -2.08. The molecule has 0 aliphatic rings. The number of aromatic amines is 1. The molecule has 3 aromatic rings. The van der Waals surface area contributed by atoms with E-state index in [0.717, 1.165) is 5.56 Å². The summed E-state index contributed by atoms with van der Waals surface area (Å²) in [5.74, 6) is 0.0549. The summed E-state index contributed by atoms with van der Waals surface area (Å²) in [4.78, 5) is 12.0. The molecule has 0 aliphatic heterocycles. The maximum atomic E-state index is 12.0. The van der Waals surface area contributed by atoms with Crippen LogP contribution >= 0.6 is 0 Å². The van der Waals surface area contributed by atoms with E-state index in [1.54, 1.807) is 18.2 Å². The van der Waals surface area contributed by atoms with Gasteiger partial charge in [-0.15, -0.1) is 0 Å². The van der Waals surface area contributed by atoms with Crippen molar-refractivity contribution in [1.29, 1.82) is 0 Å². The van der Waals surface area contributed by atoms with Crippen LogP contribution in [-0.2, 0) is 0 Å². The van der Waals surface area contributed by atoms with Crippen molar-refractivity contribution in [2.24, 2.45) is 0 Å². The number of H-pyrrole nitrogens is 1. The molecule has 0 amide bonds. The summed E-state index contributed by atoms with van der Waals surface area (Å²) in [5, 5.41) is 6.82. The summed E-state index contributed by atoms with van der Waals surface area (Å²) in [6, 6.07) is 20.3. The number of ether oxygens (including phenoxy) is 1. The predicted molar refractivity (Wildman–Crippen MR) is 75.4 cm³/mol. The molecule has 1 heterocycles. The molecule has 0 spiro atoms. The Morgan fingerprint density at radius 3 is 2.30 bits per heavy atom. The average molecular weight is 264 g/mol. The van der Waals surface area contributed by atoms with Crippen LogP contribution in [0.3, 0.4) is 0 Å². The summed E-state index contributed by atoms with van der Waals surface area (Å²) in [6.07, 6.45) is 0. The Bertz CT molecular complexity index is 706. The number of rotatable bonds is 3. The van der Waals surface area contributed by atoms with E-state index in [9.17, 15) is 4.79 Å². The number of para-hydroxylation sites is 1. The van der Waals surface area contributed by atoms with Crippen molar-refractivity contribution in [3.05, 3.63) is 72.4 Å². The number of hydrogen-bond donors (Lipinski definition) is 1. The van der Waals surface area contributed by atoms with E-state index < -0.39 is 5.97 Å². The van der Waals surface area contributed by atoms with E-state index in [0.29, 0.717) is 17.1 Å². The van der Waals surface area contributed by atoms with E-state index in [1.807, 2.05) is 48.5 Å². The summed E-state index contributed by atoms with van der Waals surface area (Å²) in [7, 11) is 0. The third-order valence-electron chi connectivity index (χ3n) is 2.82. The first kappa shape index (κ1) is 12.2. The average Bonchev–Trinajstić information content (AvgIpc) is 2.99. The lowest BCUT2D eigenvalue weighted by molar-refractivity contribution is 0.0728. The van der Waals surface area contributed by atoms with Gasteiger partial charge < -0.3 is 4.74 Å². The Labute approximate surface area is 116 Å². The van der Waals surface area contributed by atoms with Crippen molar-refractivity contribution in [1.82, 2.24) is 10.2 Å². The molecular weight excluding hydrogens is 252 g/mol.